The molecule has 0 aliphatic carbocycles. The van der Waals surface area contributed by atoms with Gasteiger partial charge in [0.1, 0.15) is 5.76 Å². The first kappa shape index (κ1) is 18.1. The van der Waals surface area contributed by atoms with Crippen molar-refractivity contribution >= 4 is 29.6 Å². The van der Waals surface area contributed by atoms with Gasteiger partial charge in [-0.3, -0.25) is 4.79 Å². The summed E-state index contributed by atoms with van der Waals surface area (Å²) < 4.78 is 15.1. The van der Waals surface area contributed by atoms with Crippen molar-refractivity contribution in [2.45, 2.75) is 24.0 Å². The average molecular weight is 375 g/mol. The fraction of sp³-hybridized carbons (Fsp3) is 0.278. The highest BCUT2D eigenvalue weighted by atomic mass is 32.2. The van der Waals surface area contributed by atoms with Gasteiger partial charge in [-0.05, 0) is 24.3 Å². The largest absolute Gasteiger partial charge is 0.467 e. The number of hydrogen-bond acceptors (Lipinski definition) is 7. The van der Waals surface area contributed by atoms with E-state index in [0.717, 1.165) is 0 Å². The fourth-order valence-corrected chi connectivity index (χ4v) is 3.20. The summed E-state index contributed by atoms with van der Waals surface area (Å²) in [5.74, 6) is -0.519. The van der Waals surface area contributed by atoms with Crippen LogP contribution in [0.4, 0.5) is 0 Å². The Labute approximate surface area is 154 Å². The minimum atomic E-state index is -0.864. The van der Waals surface area contributed by atoms with Crippen molar-refractivity contribution in [1.29, 1.82) is 0 Å². The number of furan rings is 1. The van der Waals surface area contributed by atoms with Gasteiger partial charge in [0.15, 0.2) is 0 Å². The number of carbonyl (C=O) groups excluding carboxylic acids is 3. The molecular weight excluding hydrogens is 358 g/mol. The standard InChI is InChI=1S/C18H17NO6S/c20-16(19-10-12-4-3-8-23-12)11-26-15-6-2-1-5-13(15)17(21)25-14-7-9-24-18(14)22/h1-6,8,14H,7,9-11H2,(H,19,20)/t14-/m1/s1. The molecule has 1 N–H and O–H groups in total. The summed E-state index contributed by atoms with van der Waals surface area (Å²) in [6.07, 6.45) is 1.03. The Morgan fingerprint density at radius 3 is 2.81 bits per heavy atom. The van der Waals surface area contributed by atoms with Gasteiger partial charge in [0.05, 0.1) is 30.7 Å². The molecule has 1 aliphatic rings. The lowest BCUT2D eigenvalue weighted by Crippen LogP contribution is -2.25. The molecule has 1 aliphatic heterocycles. The monoisotopic (exact) mass is 375 g/mol. The predicted octanol–water partition coefficient (Wildman–Crippen LogP) is 2.16. The Balaban J connectivity index is 1.55. The summed E-state index contributed by atoms with van der Waals surface area (Å²) >= 11 is 1.22. The van der Waals surface area contributed by atoms with Gasteiger partial charge in [-0.15, -0.1) is 11.8 Å². The molecule has 136 valence electrons. The van der Waals surface area contributed by atoms with E-state index in [1.165, 1.54) is 18.0 Å². The zero-order valence-electron chi connectivity index (χ0n) is 13.8. The first-order chi connectivity index (χ1) is 12.6. The summed E-state index contributed by atoms with van der Waals surface area (Å²) in [7, 11) is 0. The van der Waals surface area contributed by atoms with Crippen molar-refractivity contribution in [3.05, 3.63) is 54.0 Å². The number of amides is 1. The number of carbonyl (C=O) groups is 3. The Morgan fingerprint density at radius 2 is 2.08 bits per heavy atom. The Bertz CT molecular complexity index is 789. The number of esters is 2. The Hall–Kier alpha value is -2.74. The van der Waals surface area contributed by atoms with Gasteiger partial charge >= 0.3 is 11.9 Å². The van der Waals surface area contributed by atoms with Gasteiger partial charge < -0.3 is 19.2 Å². The highest BCUT2D eigenvalue weighted by Crippen LogP contribution is 2.24. The molecule has 1 aromatic heterocycles. The number of rotatable bonds is 7. The molecule has 7 nitrogen and oxygen atoms in total. The second-order valence-electron chi connectivity index (χ2n) is 5.49. The summed E-state index contributed by atoms with van der Waals surface area (Å²) in [5.41, 5.74) is 0.316. The Kier molecular flexibility index (Phi) is 5.96. The average Bonchev–Trinajstić information content (AvgIpc) is 3.30. The molecule has 0 unspecified atom stereocenters. The van der Waals surface area contributed by atoms with E-state index >= 15 is 0 Å². The third-order valence-electron chi connectivity index (χ3n) is 3.64. The molecule has 1 atom stereocenters. The summed E-state index contributed by atoms with van der Waals surface area (Å²) in [5, 5.41) is 2.74. The lowest BCUT2D eigenvalue weighted by molar-refractivity contribution is -0.145. The molecule has 1 saturated heterocycles. The maximum atomic E-state index is 12.3. The molecule has 26 heavy (non-hydrogen) atoms. The van der Waals surface area contributed by atoms with Crippen LogP contribution in [-0.4, -0.2) is 36.3 Å². The van der Waals surface area contributed by atoms with E-state index < -0.39 is 18.0 Å². The number of ether oxygens (including phenoxy) is 2. The van der Waals surface area contributed by atoms with Crippen LogP contribution in [0.15, 0.2) is 52.0 Å². The highest BCUT2D eigenvalue weighted by molar-refractivity contribution is 8.00. The van der Waals surface area contributed by atoms with E-state index in [0.29, 0.717) is 29.2 Å². The van der Waals surface area contributed by atoms with E-state index in [1.807, 2.05) is 0 Å². The molecule has 8 heteroatoms. The van der Waals surface area contributed by atoms with Crippen molar-refractivity contribution in [2.24, 2.45) is 0 Å². The van der Waals surface area contributed by atoms with Gasteiger partial charge in [0, 0.05) is 11.3 Å². The molecule has 0 saturated carbocycles. The minimum absolute atomic E-state index is 0.135. The zero-order chi connectivity index (χ0) is 18.4. The van der Waals surface area contributed by atoms with Crippen LogP contribution in [0.25, 0.3) is 0 Å². The van der Waals surface area contributed by atoms with Crippen molar-refractivity contribution in [3.63, 3.8) is 0 Å². The molecule has 0 spiro atoms. The van der Waals surface area contributed by atoms with Gasteiger partial charge in [-0.2, -0.15) is 0 Å². The van der Waals surface area contributed by atoms with E-state index in [4.69, 9.17) is 13.9 Å². The molecule has 1 aromatic carbocycles. The van der Waals surface area contributed by atoms with Crippen LogP contribution in [0.5, 0.6) is 0 Å². The second-order valence-corrected chi connectivity index (χ2v) is 6.51. The lowest BCUT2D eigenvalue weighted by Gasteiger charge is -2.11. The quantitative estimate of drug-likeness (QED) is 0.585. The number of thioether (sulfide) groups is 1. The molecule has 0 bridgehead atoms. The van der Waals surface area contributed by atoms with E-state index in [2.05, 4.69) is 5.32 Å². The fourth-order valence-electron chi connectivity index (χ4n) is 2.33. The van der Waals surface area contributed by atoms with Crippen LogP contribution in [0.1, 0.15) is 22.5 Å². The van der Waals surface area contributed by atoms with Crippen LogP contribution in [0.2, 0.25) is 0 Å². The molecule has 3 rings (SSSR count). The van der Waals surface area contributed by atoms with Crippen molar-refractivity contribution in [3.8, 4) is 0 Å². The molecule has 0 radical (unpaired) electrons. The molecule has 2 aromatic rings. The summed E-state index contributed by atoms with van der Waals surface area (Å²) in [4.78, 5) is 36.4. The Morgan fingerprint density at radius 1 is 1.23 bits per heavy atom. The zero-order valence-corrected chi connectivity index (χ0v) is 14.6. The van der Waals surface area contributed by atoms with E-state index in [9.17, 15) is 14.4 Å². The number of cyclic esters (lactones) is 1. The SMILES string of the molecule is O=C(CSc1ccccc1C(=O)O[C@@H]1CCOC1=O)NCc1ccco1. The maximum Gasteiger partial charge on any atom is 0.347 e. The van der Waals surface area contributed by atoms with Crippen LogP contribution < -0.4 is 5.32 Å². The molecular formula is C18H17NO6S. The summed E-state index contributed by atoms with van der Waals surface area (Å²) in [6, 6.07) is 10.3. The van der Waals surface area contributed by atoms with Crippen molar-refractivity contribution in [2.75, 3.05) is 12.4 Å². The van der Waals surface area contributed by atoms with Gasteiger partial charge in [-0.25, -0.2) is 9.59 Å². The topological polar surface area (TPSA) is 94.8 Å². The first-order valence-corrected chi connectivity index (χ1v) is 9.00. The van der Waals surface area contributed by atoms with Gasteiger partial charge in [-0.1, -0.05) is 12.1 Å². The number of benzene rings is 1. The van der Waals surface area contributed by atoms with Crippen LogP contribution in [0, 0.1) is 0 Å². The number of hydrogen-bond donors (Lipinski definition) is 1. The highest BCUT2D eigenvalue weighted by Gasteiger charge is 2.31. The minimum Gasteiger partial charge on any atom is -0.467 e. The second kappa shape index (κ2) is 8.57. The molecule has 1 amide bonds. The van der Waals surface area contributed by atoms with Crippen LogP contribution in [0.3, 0.4) is 0 Å². The third-order valence-corrected chi connectivity index (χ3v) is 4.72. The first-order valence-electron chi connectivity index (χ1n) is 8.02. The van der Waals surface area contributed by atoms with Crippen molar-refractivity contribution < 1.29 is 28.3 Å². The third kappa shape index (κ3) is 4.66. The van der Waals surface area contributed by atoms with E-state index in [1.54, 1.807) is 36.4 Å². The summed E-state index contributed by atoms with van der Waals surface area (Å²) in [6.45, 7) is 0.558. The van der Waals surface area contributed by atoms with Gasteiger partial charge in [0.25, 0.3) is 0 Å². The van der Waals surface area contributed by atoms with Gasteiger partial charge in [0.2, 0.25) is 12.0 Å². The van der Waals surface area contributed by atoms with Crippen LogP contribution >= 0.6 is 11.8 Å². The maximum absolute atomic E-state index is 12.3. The van der Waals surface area contributed by atoms with Crippen molar-refractivity contribution in [1.82, 2.24) is 5.32 Å². The molecule has 2 heterocycles. The predicted molar refractivity (Wildman–Crippen MR) is 92.5 cm³/mol. The lowest BCUT2D eigenvalue weighted by atomic mass is 10.2. The number of nitrogens with one attached hydrogen (secondary N) is 1. The smallest absolute Gasteiger partial charge is 0.347 e. The van der Waals surface area contributed by atoms with Crippen LogP contribution in [-0.2, 0) is 25.6 Å². The van der Waals surface area contributed by atoms with E-state index in [-0.39, 0.29) is 18.3 Å². The normalized spacial score (nSPS) is 16.2. The molecule has 1 fully saturated rings.